The van der Waals surface area contributed by atoms with Gasteiger partial charge in [0.15, 0.2) is 0 Å². The first kappa shape index (κ1) is 22.9. The van der Waals surface area contributed by atoms with Crippen molar-refractivity contribution in [3.05, 3.63) is 75.8 Å². The Bertz CT molecular complexity index is 1300. The Morgan fingerprint density at radius 3 is 2.65 bits per heavy atom. The van der Waals surface area contributed by atoms with Crippen molar-refractivity contribution in [1.29, 1.82) is 0 Å². The van der Waals surface area contributed by atoms with Gasteiger partial charge in [-0.05, 0) is 23.8 Å². The molecular formula is C22H21N7O4S. The van der Waals surface area contributed by atoms with Gasteiger partial charge in [0, 0.05) is 31.1 Å². The summed E-state index contributed by atoms with van der Waals surface area (Å²) < 4.78 is 0. The van der Waals surface area contributed by atoms with Crippen molar-refractivity contribution in [2.24, 2.45) is 5.73 Å². The Hall–Kier alpha value is -4.32. The smallest absolute Gasteiger partial charge is 0.407 e. The van der Waals surface area contributed by atoms with E-state index in [-0.39, 0.29) is 36.9 Å². The van der Waals surface area contributed by atoms with Crippen molar-refractivity contribution in [1.82, 2.24) is 30.2 Å². The first-order chi connectivity index (χ1) is 16.4. The zero-order valence-corrected chi connectivity index (χ0v) is 18.7. The number of carbonyl (C=O) groups excluding carboxylic acids is 2. The summed E-state index contributed by atoms with van der Waals surface area (Å²) in [5, 5.41) is 14.6. The molecule has 0 unspecified atom stereocenters. The van der Waals surface area contributed by atoms with E-state index in [0.29, 0.717) is 22.8 Å². The number of para-hydroxylation sites is 2. The molecule has 4 rings (SSSR count). The van der Waals surface area contributed by atoms with Crippen LogP contribution in [-0.2, 0) is 19.5 Å². The number of imidazole rings is 1. The Balaban J connectivity index is 1.31. The van der Waals surface area contributed by atoms with Crippen LogP contribution in [-0.4, -0.2) is 54.4 Å². The van der Waals surface area contributed by atoms with Crippen molar-refractivity contribution in [3.8, 4) is 0 Å². The number of nitrogens with zero attached hydrogens (tertiary/aromatic N) is 4. The maximum atomic E-state index is 12.4. The number of primary amides is 1. The molecule has 0 aliphatic heterocycles. The number of pyridine rings is 1. The van der Waals surface area contributed by atoms with E-state index >= 15 is 0 Å². The third-order valence-corrected chi connectivity index (χ3v) is 5.87. The van der Waals surface area contributed by atoms with Crippen LogP contribution in [0.4, 0.5) is 4.79 Å². The summed E-state index contributed by atoms with van der Waals surface area (Å²) in [7, 11) is 0. The van der Waals surface area contributed by atoms with Gasteiger partial charge in [-0.3, -0.25) is 14.6 Å². The Morgan fingerprint density at radius 1 is 1.12 bits per heavy atom. The van der Waals surface area contributed by atoms with Crippen LogP contribution in [0.15, 0.2) is 48.0 Å². The highest BCUT2D eigenvalue weighted by Crippen LogP contribution is 2.14. The van der Waals surface area contributed by atoms with Crippen LogP contribution in [0.25, 0.3) is 11.0 Å². The second kappa shape index (κ2) is 10.1. The van der Waals surface area contributed by atoms with Gasteiger partial charge in [-0.25, -0.2) is 14.8 Å². The van der Waals surface area contributed by atoms with Crippen LogP contribution in [0.1, 0.15) is 37.4 Å². The van der Waals surface area contributed by atoms with Crippen LogP contribution in [0.2, 0.25) is 0 Å². The van der Waals surface area contributed by atoms with Crippen molar-refractivity contribution < 1.29 is 19.5 Å². The number of aromatic nitrogens is 4. The number of thiazole rings is 1. The molecular weight excluding hydrogens is 458 g/mol. The number of nitrogens with one attached hydrogen (secondary N) is 2. The fourth-order valence-corrected chi connectivity index (χ4v) is 3.98. The molecule has 12 heteroatoms. The van der Waals surface area contributed by atoms with E-state index in [1.165, 1.54) is 28.5 Å². The molecule has 34 heavy (non-hydrogen) atoms. The quantitative estimate of drug-likeness (QED) is 0.285. The maximum absolute atomic E-state index is 12.4. The highest BCUT2D eigenvalue weighted by atomic mass is 32.1. The maximum Gasteiger partial charge on any atom is 0.407 e. The minimum Gasteiger partial charge on any atom is -0.465 e. The van der Waals surface area contributed by atoms with E-state index in [0.717, 1.165) is 11.0 Å². The molecule has 0 spiro atoms. The lowest BCUT2D eigenvalue weighted by Crippen LogP contribution is -2.31. The number of carboxylic acid groups (broad SMARTS) is 1. The van der Waals surface area contributed by atoms with E-state index in [1.54, 1.807) is 11.4 Å². The van der Waals surface area contributed by atoms with E-state index in [9.17, 15) is 19.5 Å². The minimum absolute atomic E-state index is 0.116. The molecule has 3 aromatic heterocycles. The normalized spacial score (nSPS) is 10.8. The van der Waals surface area contributed by atoms with Gasteiger partial charge in [-0.1, -0.05) is 18.2 Å². The van der Waals surface area contributed by atoms with Gasteiger partial charge < -0.3 is 26.0 Å². The number of H-pyrrole nitrogens is 1. The number of hydrogen-bond donors (Lipinski definition) is 4. The zero-order chi connectivity index (χ0) is 24.1. The predicted molar refractivity (Wildman–Crippen MR) is 124 cm³/mol. The second-order valence-corrected chi connectivity index (χ2v) is 8.32. The van der Waals surface area contributed by atoms with Crippen LogP contribution < -0.4 is 11.1 Å². The van der Waals surface area contributed by atoms with Crippen LogP contribution >= 0.6 is 11.3 Å². The van der Waals surface area contributed by atoms with Gasteiger partial charge in [0.2, 0.25) is 0 Å². The van der Waals surface area contributed by atoms with Gasteiger partial charge >= 0.3 is 6.09 Å². The van der Waals surface area contributed by atoms with Crippen molar-refractivity contribution in [2.75, 3.05) is 6.54 Å². The Kier molecular flexibility index (Phi) is 6.78. The topological polar surface area (TPSA) is 167 Å². The van der Waals surface area contributed by atoms with Crippen molar-refractivity contribution >= 4 is 40.3 Å². The minimum atomic E-state index is -1.06. The first-order valence-electron chi connectivity index (χ1n) is 10.3. The second-order valence-electron chi connectivity index (χ2n) is 7.38. The Labute approximate surface area is 197 Å². The molecule has 0 aliphatic rings. The largest absolute Gasteiger partial charge is 0.465 e. The predicted octanol–water partition coefficient (Wildman–Crippen LogP) is 2.17. The van der Waals surface area contributed by atoms with Gasteiger partial charge in [0.05, 0.1) is 22.6 Å². The summed E-state index contributed by atoms with van der Waals surface area (Å²) >= 11 is 1.29. The SMILES string of the molecule is NC(=O)c1ccc(CNC(=O)c2csc(CCN(Cc3nc4ccccc4[nH]3)C(=O)O)n2)cn1. The monoisotopic (exact) mass is 479 g/mol. The summed E-state index contributed by atoms with van der Waals surface area (Å²) in [6.07, 6.45) is 0.768. The van der Waals surface area contributed by atoms with Crippen LogP contribution in [0.3, 0.4) is 0 Å². The highest BCUT2D eigenvalue weighted by Gasteiger charge is 2.17. The lowest BCUT2D eigenvalue weighted by Gasteiger charge is -2.17. The van der Waals surface area contributed by atoms with E-state index in [1.807, 2.05) is 24.3 Å². The average molecular weight is 480 g/mol. The van der Waals surface area contributed by atoms with Crippen molar-refractivity contribution in [2.45, 2.75) is 19.5 Å². The van der Waals surface area contributed by atoms with Crippen LogP contribution in [0, 0.1) is 0 Å². The van der Waals surface area contributed by atoms with E-state index in [2.05, 4.69) is 25.3 Å². The van der Waals surface area contributed by atoms with Gasteiger partial charge in [-0.15, -0.1) is 11.3 Å². The number of amides is 3. The molecule has 1 aromatic carbocycles. The summed E-state index contributed by atoms with van der Waals surface area (Å²) in [6, 6.07) is 10.6. The summed E-state index contributed by atoms with van der Waals surface area (Å²) in [5.74, 6) is -0.426. The molecule has 0 radical (unpaired) electrons. The zero-order valence-electron chi connectivity index (χ0n) is 17.9. The third kappa shape index (κ3) is 5.53. The molecule has 0 fully saturated rings. The highest BCUT2D eigenvalue weighted by molar-refractivity contribution is 7.09. The molecule has 0 atom stereocenters. The first-order valence-corrected chi connectivity index (χ1v) is 11.2. The standard InChI is InChI=1S/C22H21N7O4S/c23-20(30)16-6-5-13(9-24-16)10-25-21(31)17-12-34-19(28-17)7-8-29(22(32)33)11-18-26-14-3-1-2-4-15(14)27-18/h1-6,9,12H,7-8,10-11H2,(H2,23,30)(H,25,31)(H,26,27)(H,32,33). The van der Waals surface area contributed by atoms with Crippen molar-refractivity contribution in [3.63, 3.8) is 0 Å². The Morgan fingerprint density at radius 2 is 1.94 bits per heavy atom. The average Bonchev–Trinajstić information content (AvgIpc) is 3.47. The summed E-state index contributed by atoms with van der Waals surface area (Å²) in [6.45, 7) is 0.534. The number of rotatable bonds is 9. The number of hydrogen-bond acceptors (Lipinski definition) is 7. The lowest BCUT2D eigenvalue weighted by molar-refractivity contribution is 0.0944. The molecule has 0 saturated heterocycles. The molecule has 3 amide bonds. The number of aromatic amines is 1. The molecule has 0 aliphatic carbocycles. The molecule has 0 bridgehead atoms. The number of benzene rings is 1. The van der Waals surface area contributed by atoms with Gasteiger partial charge in [-0.2, -0.15) is 0 Å². The number of carbonyl (C=O) groups is 3. The number of fused-ring (bicyclic) bond motifs is 1. The summed E-state index contributed by atoms with van der Waals surface area (Å²) in [4.78, 5) is 52.2. The van der Waals surface area contributed by atoms with Gasteiger partial charge in [0.25, 0.3) is 11.8 Å². The molecule has 174 valence electrons. The van der Waals surface area contributed by atoms with Crippen LogP contribution in [0.5, 0.6) is 0 Å². The molecule has 5 N–H and O–H groups in total. The number of nitrogens with two attached hydrogens (primary N) is 1. The van der Waals surface area contributed by atoms with E-state index in [4.69, 9.17) is 5.73 Å². The fraction of sp³-hybridized carbons (Fsp3) is 0.182. The summed E-state index contributed by atoms with van der Waals surface area (Å²) in [5.41, 5.74) is 7.89. The van der Waals surface area contributed by atoms with E-state index < -0.39 is 12.0 Å². The molecule has 3 heterocycles. The molecule has 0 saturated carbocycles. The van der Waals surface area contributed by atoms with Gasteiger partial charge in [0.1, 0.15) is 17.2 Å². The third-order valence-electron chi connectivity index (χ3n) is 4.96. The molecule has 4 aromatic rings. The molecule has 11 nitrogen and oxygen atoms in total. The lowest BCUT2D eigenvalue weighted by atomic mass is 10.2. The fourth-order valence-electron chi connectivity index (χ4n) is 3.21.